The number of hydrogen-bond acceptors (Lipinski definition) is 4. The molecule has 3 nitrogen and oxygen atoms in total. The Bertz CT molecular complexity index is 466. The number of benzene rings is 1. The van der Waals surface area contributed by atoms with Crippen LogP contribution in [0.5, 0.6) is 0 Å². The molecule has 0 atom stereocenters. The van der Waals surface area contributed by atoms with Gasteiger partial charge >= 0.3 is 0 Å². The van der Waals surface area contributed by atoms with Gasteiger partial charge in [-0.05, 0) is 38.5 Å². The molecule has 1 aromatic rings. The molecule has 0 saturated carbocycles. The summed E-state index contributed by atoms with van der Waals surface area (Å²) in [6.45, 7) is 3.84. The summed E-state index contributed by atoms with van der Waals surface area (Å²) in [7, 11) is 0. The van der Waals surface area contributed by atoms with Crippen LogP contribution in [0.25, 0.3) is 0 Å². The van der Waals surface area contributed by atoms with Crippen molar-refractivity contribution < 1.29 is 9.59 Å². The van der Waals surface area contributed by atoms with Crippen LogP contribution in [0.15, 0.2) is 24.3 Å². The fourth-order valence-corrected chi connectivity index (χ4v) is 3.46. The number of thioether (sulfide) groups is 2. The van der Waals surface area contributed by atoms with Crippen molar-refractivity contribution in [3.8, 4) is 0 Å². The Morgan fingerprint density at radius 1 is 1.00 bits per heavy atom. The van der Waals surface area contributed by atoms with Gasteiger partial charge in [-0.2, -0.15) is 23.5 Å². The van der Waals surface area contributed by atoms with E-state index in [4.69, 9.17) is 0 Å². The van der Waals surface area contributed by atoms with Gasteiger partial charge in [0, 0.05) is 34.6 Å². The van der Waals surface area contributed by atoms with Crippen molar-refractivity contribution in [1.29, 1.82) is 0 Å². The highest BCUT2D eigenvalue weighted by molar-refractivity contribution is 7.99. The second kappa shape index (κ2) is 9.15. The molecule has 0 spiro atoms. The van der Waals surface area contributed by atoms with Gasteiger partial charge in [-0.15, -0.1) is 0 Å². The Balaban J connectivity index is 2.80. The zero-order valence-corrected chi connectivity index (χ0v) is 14.6. The lowest BCUT2D eigenvalue weighted by atomic mass is 9.99. The number of carbonyl (C=O) groups is 2. The molecular formula is C16H23NO2S2. The number of nitrogens with one attached hydrogen (secondary N) is 1. The lowest BCUT2D eigenvalue weighted by molar-refractivity contribution is 0.0932. The summed E-state index contributed by atoms with van der Waals surface area (Å²) in [5.41, 5.74) is 1.27. The summed E-state index contributed by atoms with van der Waals surface area (Å²) in [6.07, 6.45) is 4.03. The summed E-state index contributed by atoms with van der Waals surface area (Å²) in [5.74, 6) is 1.75. The third-order valence-electron chi connectivity index (χ3n) is 2.96. The Labute approximate surface area is 135 Å². The van der Waals surface area contributed by atoms with E-state index in [1.54, 1.807) is 47.8 Å². The summed E-state index contributed by atoms with van der Waals surface area (Å²) in [6, 6.07) is 7.06. The van der Waals surface area contributed by atoms with Gasteiger partial charge in [0.05, 0.1) is 0 Å². The third kappa shape index (κ3) is 5.75. The van der Waals surface area contributed by atoms with Gasteiger partial charge in [-0.3, -0.25) is 9.59 Å². The van der Waals surface area contributed by atoms with E-state index in [1.807, 2.05) is 26.4 Å². The maximum absolute atomic E-state index is 12.5. The van der Waals surface area contributed by atoms with Gasteiger partial charge in [-0.1, -0.05) is 12.1 Å². The number of Topliss-reactive ketones (excluding diaryl/α,β-unsaturated/α-hetero) is 1. The van der Waals surface area contributed by atoms with Crippen molar-refractivity contribution in [2.24, 2.45) is 5.92 Å². The zero-order chi connectivity index (χ0) is 15.8. The lowest BCUT2D eigenvalue weighted by Gasteiger charge is -2.14. The molecule has 21 heavy (non-hydrogen) atoms. The summed E-state index contributed by atoms with van der Waals surface area (Å²) in [5, 5.41) is 2.84. The molecular weight excluding hydrogens is 302 g/mol. The minimum Gasteiger partial charge on any atom is -0.350 e. The first kappa shape index (κ1) is 18.1. The van der Waals surface area contributed by atoms with Crippen LogP contribution < -0.4 is 5.32 Å². The van der Waals surface area contributed by atoms with Crippen LogP contribution in [0.4, 0.5) is 0 Å². The predicted molar refractivity (Wildman–Crippen MR) is 93.6 cm³/mol. The third-order valence-corrected chi connectivity index (χ3v) is 4.43. The van der Waals surface area contributed by atoms with Gasteiger partial charge in [0.1, 0.15) is 0 Å². The van der Waals surface area contributed by atoms with E-state index >= 15 is 0 Å². The molecule has 1 aromatic carbocycles. The largest absolute Gasteiger partial charge is 0.350 e. The van der Waals surface area contributed by atoms with Crippen LogP contribution >= 0.6 is 23.5 Å². The normalized spacial score (nSPS) is 11.0. The van der Waals surface area contributed by atoms with Crippen molar-refractivity contribution in [2.75, 3.05) is 24.0 Å². The molecule has 1 N–H and O–H groups in total. The van der Waals surface area contributed by atoms with Crippen molar-refractivity contribution in [1.82, 2.24) is 5.32 Å². The summed E-state index contributed by atoms with van der Waals surface area (Å²) in [4.78, 5) is 24.3. The Morgan fingerprint density at radius 2 is 1.48 bits per heavy atom. The van der Waals surface area contributed by atoms with Crippen molar-refractivity contribution in [3.05, 3.63) is 35.4 Å². The minimum atomic E-state index is -0.103. The average Bonchev–Trinajstić information content (AvgIpc) is 2.46. The van der Waals surface area contributed by atoms with Crippen molar-refractivity contribution in [3.63, 3.8) is 0 Å². The van der Waals surface area contributed by atoms with Crippen LogP contribution in [0, 0.1) is 5.92 Å². The Kier molecular flexibility index (Phi) is 7.89. The number of ketones is 1. The molecule has 0 aromatic heterocycles. The molecule has 1 amide bonds. The summed E-state index contributed by atoms with van der Waals surface area (Å²) < 4.78 is 0. The Hall–Kier alpha value is -0.940. The smallest absolute Gasteiger partial charge is 0.251 e. The lowest BCUT2D eigenvalue weighted by Crippen LogP contribution is -2.30. The van der Waals surface area contributed by atoms with E-state index in [9.17, 15) is 9.59 Å². The number of hydrogen-bond donors (Lipinski definition) is 1. The van der Waals surface area contributed by atoms with Gasteiger partial charge in [0.2, 0.25) is 0 Å². The van der Waals surface area contributed by atoms with Crippen LogP contribution in [-0.2, 0) is 0 Å². The molecule has 0 fully saturated rings. The highest BCUT2D eigenvalue weighted by atomic mass is 32.2. The SMILES string of the molecule is CSCC(CSC)C(=O)c1ccc(C(=O)NC(C)C)cc1. The molecule has 0 unspecified atom stereocenters. The summed E-state index contributed by atoms with van der Waals surface area (Å²) >= 11 is 3.38. The highest BCUT2D eigenvalue weighted by Gasteiger charge is 2.19. The second-order valence-electron chi connectivity index (χ2n) is 5.18. The molecule has 0 radical (unpaired) electrons. The van der Waals surface area contributed by atoms with E-state index in [0.717, 1.165) is 11.5 Å². The zero-order valence-electron chi connectivity index (χ0n) is 13.0. The molecule has 0 bridgehead atoms. The molecule has 0 aliphatic carbocycles. The van der Waals surface area contributed by atoms with E-state index in [1.165, 1.54) is 0 Å². The molecule has 0 aliphatic heterocycles. The van der Waals surface area contributed by atoms with Crippen LogP contribution in [0.3, 0.4) is 0 Å². The molecule has 5 heteroatoms. The topological polar surface area (TPSA) is 46.2 Å². The van der Waals surface area contributed by atoms with Gasteiger partial charge in [0.15, 0.2) is 5.78 Å². The van der Waals surface area contributed by atoms with Gasteiger partial charge in [-0.25, -0.2) is 0 Å². The fourth-order valence-electron chi connectivity index (χ4n) is 1.97. The van der Waals surface area contributed by atoms with Crippen molar-refractivity contribution >= 4 is 35.2 Å². The average molecular weight is 325 g/mol. The minimum absolute atomic E-state index is 0.0327. The quantitative estimate of drug-likeness (QED) is 0.745. The number of rotatable bonds is 8. The van der Waals surface area contributed by atoms with Crippen LogP contribution in [0.2, 0.25) is 0 Å². The maximum Gasteiger partial charge on any atom is 0.251 e. The first-order chi connectivity index (χ1) is 9.99. The Morgan fingerprint density at radius 3 is 1.90 bits per heavy atom. The van der Waals surface area contributed by atoms with E-state index in [0.29, 0.717) is 11.1 Å². The first-order valence-electron chi connectivity index (χ1n) is 6.92. The van der Waals surface area contributed by atoms with Crippen molar-refractivity contribution in [2.45, 2.75) is 19.9 Å². The number of carbonyl (C=O) groups excluding carboxylic acids is 2. The predicted octanol–water partition coefficient (Wildman–Crippen LogP) is 3.35. The molecule has 1 rings (SSSR count). The van der Waals surface area contributed by atoms with Crippen LogP contribution in [0.1, 0.15) is 34.6 Å². The molecule has 0 aliphatic rings. The monoisotopic (exact) mass is 325 g/mol. The van der Waals surface area contributed by atoms with E-state index < -0.39 is 0 Å². The van der Waals surface area contributed by atoms with Crippen LogP contribution in [-0.4, -0.2) is 41.7 Å². The number of amides is 1. The van der Waals surface area contributed by atoms with Gasteiger partial charge < -0.3 is 5.32 Å². The van der Waals surface area contributed by atoms with E-state index in [-0.39, 0.29) is 23.7 Å². The molecule has 116 valence electrons. The molecule has 0 saturated heterocycles. The van der Waals surface area contributed by atoms with Gasteiger partial charge in [0.25, 0.3) is 5.91 Å². The standard InChI is InChI=1S/C16H23NO2S2/c1-11(2)17-16(19)13-7-5-12(6-8-13)15(18)14(9-20-3)10-21-4/h5-8,11,14H,9-10H2,1-4H3,(H,17,19). The van der Waals surface area contributed by atoms with E-state index in [2.05, 4.69) is 5.32 Å². The fraction of sp³-hybridized carbons (Fsp3) is 0.500. The highest BCUT2D eigenvalue weighted by Crippen LogP contribution is 2.18. The maximum atomic E-state index is 12.5. The second-order valence-corrected chi connectivity index (χ2v) is 7.00. The first-order valence-corrected chi connectivity index (χ1v) is 9.71. The molecule has 0 heterocycles.